The van der Waals surface area contributed by atoms with E-state index in [-0.39, 0.29) is 0 Å². The molecule has 0 aromatic heterocycles. The normalized spacial score (nSPS) is 11.7. The summed E-state index contributed by atoms with van der Waals surface area (Å²) in [5.41, 5.74) is 4.59. The SMILES string of the molecule is c1ccc(-c2ccc3c(ccc4cc5c6ccccc6cc-5oc43)c2)cc1. The molecule has 6 rings (SSSR count). The summed E-state index contributed by atoms with van der Waals surface area (Å²) >= 11 is 0. The predicted octanol–water partition coefficient (Wildman–Crippen LogP) is 7.51. The third kappa shape index (κ3) is 2.18. The van der Waals surface area contributed by atoms with Gasteiger partial charge < -0.3 is 4.42 Å². The molecule has 0 saturated heterocycles. The lowest BCUT2D eigenvalue weighted by Gasteiger charge is -2.09. The summed E-state index contributed by atoms with van der Waals surface area (Å²) in [6.07, 6.45) is 0. The Balaban J connectivity index is 1.64. The Morgan fingerprint density at radius 1 is 0.481 bits per heavy atom. The van der Waals surface area contributed by atoms with Crippen molar-refractivity contribution in [3.8, 4) is 22.5 Å². The second-order valence-electron chi connectivity index (χ2n) is 7.04. The monoisotopic (exact) mass is 344 g/mol. The molecule has 27 heavy (non-hydrogen) atoms. The Morgan fingerprint density at radius 2 is 1.26 bits per heavy atom. The molecule has 0 fully saturated rings. The van der Waals surface area contributed by atoms with E-state index in [1.807, 2.05) is 6.07 Å². The highest BCUT2D eigenvalue weighted by molar-refractivity contribution is 6.09. The molecule has 1 heterocycles. The van der Waals surface area contributed by atoms with Crippen molar-refractivity contribution in [1.82, 2.24) is 0 Å². The summed E-state index contributed by atoms with van der Waals surface area (Å²) in [6.45, 7) is 0. The van der Waals surface area contributed by atoms with Crippen molar-refractivity contribution in [2.75, 3.05) is 0 Å². The summed E-state index contributed by atoms with van der Waals surface area (Å²) in [4.78, 5) is 0. The van der Waals surface area contributed by atoms with E-state index in [4.69, 9.17) is 4.42 Å². The van der Waals surface area contributed by atoms with Crippen LogP contribution in [0.5, 0.6) is 0 Å². The van der Waals surface area contributed by atoms with E-state index in [0.29, 0.717) is 0 Å². The van der Waals surface area contributed by atoms with Gasteiger partial charge in [0.15, 0.2) is 0 Å². The predicted molar refractivity (Wildman–Crippen MR) is 113 cm³/mol. The van der Waals surface area contributed by atoms with Crippen molar-refractivity contribution in [3.63, 3.8) is 0 Å². The van der Waals surface area contributed by atoms with Gasteiger partial charge >= 0.3 is 0 Å². The Kier molecular flexibility index (Phi) is 2.95. The number of rotatable bonds is 1. The van der Waals surface area contributed by atoms with Crippen LogP contribution in [0.15, 0.2) is 101 Å². The van der Waals surface area contributed by atoms with Crippen LogP contribution in [0.1, 0.15) is 0 Å². The number of benzene rings is 4. The van der Waals surface area contributed by atoms with Crippen LogP contribution in [0.25, 0.3) is 55.0 Å². The second kappa shape index (κ2) is 5.46. The number of fused-ring (bicyclic) bond motifs is 6. The quantitative estimate of drug-likeness (QED) is 0.281. The first kappa shape index (κ1) is 14.6. The molecule has 4 aromatic carbocycles. The van der Waals surface area contributed by atoms with E-state index in [9.17, 15) is 0 Å². The van der Waals surface area contributed by atoms with Gasteiger partial charge in [0.05, 0.1) is 0 Å². The van der Waals surface area contributed by atoms with Crippen LogP contribution >= 0.6 is 0 Å². The lowest BCUT2D eigenvalue weighted by molar-refractivity contribution is 0.626. The molecule has 0 radical (unpaired) electrons. The molecule has 4 aromatic rings. The van der Waals surface area contributed by atoms with Gasteiger partial charge in [-0.3, -0.25) is 0 Å². The fraction of sp³-hybridized carbons (Fsp3) is 0. The Labute approximate surface area is 156 Å². The highest BCUT2D eigenvalue weighted by Gasteiger charge is 2.15. The van der Waals surface area contributed by atoms with E-state index in [1.54, 1.807) is 0 Å². The summed E-state index contributed by atoms with van der Waals surface area (Å²) in [5, 5.41) is 5.96. The minimum Gasteiger partial charge on any atom is -0.455 e. The maximum absolute atomic E-state index is 6.39. The van der Waals surface area contributed by atoms with Crippen LogP contribution in [0.2, 0.25) is 0 Å². The molecule has 0 amide bonds. The van der Waals surface area contributed by atoms with Gasteiger partial charge in [0.2, 0.25) is 0 Å². The topological polar surface area (TPSA) is 13.1 Å². The Hall–Kier alpha value is -3.58. The molecular formula is C26H16O. The smallest absolute Gasteiger partial charge is 0.142 e. The van der Waals surface area contributed by atoms with Crippen molar-refractivity contribution in [2.45, 2.75) is 0 Å². The largest absolute Gasteiger partial charge is 0.455 e. The van der Waals surface area contributed by atoms with Crippen LogP contribution in [-0.4, -0.2) is 0 Å². The van der Waals surface area contributed by atoms with Gasteiger partial charge in [-0.2, -0.15) is 0 Å². The zero-order valence-electron chi connectivity index (χ0n) is 14.6. The van der Waals surface area contributed by atoms with Crippen molar-refractivity contribution in [2.24, 2.45) is 0 Å². The lowest BCUT2D eigenvalue weighted by Crippen LogP contribution is -1.83. The van der Waals surface area contributed by atoms with E-state index in [0.717, 1.165) is 22.1 Å². The fourth-order valence-corrected chi connectivity index (χ4v) is 4.07. The average molecular weight is 344 g/mol. The standard InChI is InChI=1S/C26H16O/c1-2-6-17(7-3-1)18-12-13-23-20(14-18)10-11-21-15-24-22-9-5-4-8-19(22)16-25(24)27-26(21)23/h1-16H. The third-order valence-corrected chi connectivity index (χ3v) is 5.42. The highest BCUT2D eigenvalue weighted by Crippen LogP contribution is 2.39. The van der Waals surface area contributed by atoms with Crippen LogP contribution < -0.4 is 0 Å². The van der Waals surface area contributed by atoms with Gasteiger partial charge in [-0.1, -0.05) is 72.8 Å². The minimum atomic E-state index is 0.948. The maximum atomic E-state index is 6.39. The van der Waals surface area contributed by atoms with Crippen LogP contribution in [-0.2, 0) is 0 Å². The molecule has 1 heteroatoms. The molecule has 2 aliphatic rings. The van der Waals surface area contributed by atoms with Gasteiger partial charge in [-0.05, 0) is 51.6 Å². The van der Waals surface area contributed by atoms with E-state index in [1.165, 1.54) is 32.8 Å². The molecule has 1 aliphatic heterocycles. The molecule has 0 bridgehead atoms. The Morgan fingerprint density at radius 3 is 2.19 bits per heavy atom. The summed E-state index contributed by atoms with van der Waals surface area (Å²) in [5.74, 6) is 0.948. The third-order valence-electron chi connectivity index (χ3n) is 5.42. The molecule has 0 saturated carbocycles. The first-order chi connectivity index (χ1) is 13.4. The van der Waals surface area contributed by atoms with Crippen LogP contribution in [0.4, 0.5) is 0 Å². The fourth-order valence-electron chi connectivity index (χ4n) is 4.07. The van der Waals surface area contributed by atoms with Gasteiger partial charge in [0.25, 0.3) is 0 Å². The van der Waals surface area contributed by atoms with Crippen molar-refractivity contribution < 1.29 is 4.42 Å². The highest BCUT2D eigenvalue weighted by atomic mass is 16.3. The van der Waals surface area contributed by atoms with E-state index in [2.05, 4.69) is 91.0 Å². The lowest BCUT2D eigenvalue weighted by atomic mass is 9.99. The van der Waals surface area contributed by atoms with Crippen molar-refractivity contribution in [3.05, 3.63) is 97.1 Å². The average Bonchev–Trinajstić information content (AvgIpc) is 3.10. The first-order valence-electron chi connectivity index (χ1n) is 9.20. The molecule has 0 atom stereocenters. The molecule has 126 valence electrons. The molecule has 0 spiro atoms. The van der Waals surface area contributed by atoms with Crippen molar-refractivity contribution >= 4 is 32.5 Å². The molecule has 1 aliphatic carbocycles. The second-order valence-corrected chi connectivity index (χ2v) is 7.04. The summed E-state index contributed by atoms with van der Waals surface area (Å²) in [6, 6.07) is 34.3. The molecule has 1 nitrogen and oxygen atoms in total. The zero-order valence-corrected chi connectivity index (χ0v) is 14.6. The van der Waals surface area contributed by atoms with Gasteiger partial charge in [-0.25, -0.2) is 0 Å². The van der Waals surface area contributed by atoms with Gasteiger partial charge in [0, 0.05) is 16.3 Å². The molecular weight excluding hydrogens is 328 g/mol. The summed E-state index contributed by atoms with van der Waals surface area (Å²) < 4.78 is 6.39. The minimum absolute atomic E-state index is 0.948. The van der Waals surface area contributed by atoms with Crippen LogP contribution in [0.3, 0.4) is 0 Å². The van der Waals surface area contributed by atoms with Crippen molar-refractivity contribution in [1.29, 1.82) is 0 Å². The van der Waals surface area contributed by atoms with Crippen LogP contribution in [0, 0.1) is 0 Å². The van der Waals surface area contributed by atoms with Gasteiger partial charge in [0.1, 0.15) is 11.3 Å². The van der Waals surface area contributed by atoms with E-state index >= 15 is 0 Å². The Bertz CT molecular complexity index is 1410. The first-order valence-corrected chi connectivity index (χ1v) is 9.20. The number of hydrogen-bond acceptors (Lipinski definition) is 1. The summed E-state index contributed by atoms with van der Waals surface area (Å²) in [7, 11) is 0. The van der Waals surface area contributed by atoms with Gasteiger partial charge in [-0.15, -0.1) is 0 Å². The molecule has 0 N–H and O–H groups in total. The molecule has 0 unspecified atom stereocenters. The number of hydrogen-bond donors (Lipinski definition) is 0. The maximum Gasteiger partial charge on any atom is 0.142 e. The zero-order chi connectivity index (χ0) is 17.8. The van der Waals surface area contributed by atoms with E-state index < -0.39 is 0 Å².